The number of piperazine rings is 1. The summed E-state index contributed by atoms with van der Waals surface area (Å²) in [4.78, 5) is 2.43. The molecule has 1 heterocycles. The van der Waals surface area contributed by atoms with E-state index < -0.39 is 0 Å². The minimum absolute atomic E-state index is 0.0918. The zero-order chi connectivity index (χ0) is 14.5. The van der Waals surface area contributed by atoms with E-state index in [0.717, 1.165) is 49.1 Å². The predicted octanol–water partition coefficient (Wildman–Crippen LogP) is 3.97. The van der Waals surface area contributed by atoms with Crippen LogP contribution >= 0.6 is 15.9 Å². The van der Waals surface area contributed by atoms with Gasteiger partial charge in [-0.25, -0.2) is 4.39 Å². The van der Waals surface area contributed by atoms with Crippen LogP contribution in [-0.2, 0) is 0 Å². The molecule has 1 fully saturated rings. The Labute approximate surface area is 129 Å². The molecule has 1 unspecified atom stereocenters. The van der Waals surface area contributed by atoms with E-state index in [1.807, 2.05) is 12.1 Å². The smallest absolute Gasteiger partial charge is 0.129 e. The van der Waals surface area contributed by atoms with Crippen molar-refractivity contribution in [3.8, 4) is 0 Å². The molecule has 112 valence electrons. The van der Waals surface area contributed by atoms with Gasteiger partial charge in [-0.3, -0.25) is 4.90 Å². The topological polar surface area (TPSA) is 15.3 Å². The number of nitrogens with one attached hydrogen (secondary N) is 1. The summed E-state index contributed by atoms with van der Waals surface area (Å²) >= 11 is 3.35. The standard InChI is InChI=1S/C16H24BrFN2/c1-3-4-12(2)16(20-9-7-19-8-10-20)14-6-5-13(17)11-15(14)18/h5-6,11-12,16,19H,3-4,7-10H2,1-2H3/t12?,16-/m0/s1. The van der Waals surface area contributed by atoms with Crippen molar-refractivity contribution in [1.29, 1.82) is 0 Å². The lowest BCUT2D eigenvalue weighted by atomic mass is 9.89. The van der Waals surface area contributed by atoms with Gasteiger partial charge in [0.25, 0.3) is 0 Å². The lowest BCUT2D eigenvalue weighted by molar-refractivity contribution is 0.123. The van der Waals surface area contributed by atoms with Crippen LogP contribution < -0.4 is 5.32 Å². The zero-order valence-electron chi connectivity index (χ0n) is 12.3. The molecule has 20 heavy (non-hydrogen) atoms. The van der Waals surface area contributed by atoms with Crippen LogP contribution in [0.2, 0.25) is 0 Å². The van der Waals surface area contributed by atoms with E-state index in [1.165, 1.54) is 0 Å². The molecule has 1 N–H and O–H groups in total. The third kappa shape index (κ3) is 3.80. The maximum absolute atomic E-state index is 14.4. The first-order chi connectivity index (χ1) is 9.63. The number of nitrogens with zero attached hydrogens (tertiary/aromatic N) is 1. The van der Waals surface area contributed by atoms with Crippen LogP contribution in [0.4, 0.5) is 4.39 Å². The molecule has 1 aromatic rings. The number of hydrogen-bond donors (Lipinski definition) is 1. The van der Waals surface area contributed by atoms with Crippen molar-refractivity contribution in [2.45, 2.75) is 32.7 Å². The normalized spacial score (nSPS) is 19.8. The van der Waals surface area contributed by atoms with Crippen LogP contribution in [-0.4, -0.2) is 31.1 Å². The SMILES string of the molecule is CCCC(C)[C@@H](c1ccc(Br)cc1F)N1CCNCC1. The minimum Gasteiger partial charge on any atom is -0.314 e. The maximum Gasteiger partial charge on any atom is 0.129 e. The van der Waals surface area contributed by atoms with Gasteiger partial charge < -0.3 is 5.32 Å². The molecule has 0 aromatic heterocycles. The molecule has 1 aliphatic heterocycles. The van der Waals surface area contributed by atoms with Crippen molar-refractivity contribution in [2.75, 3.05) is 26.2 Å². The molecule has 2 nitrogen and oxygen atoms in total. The molecule has 2 rings (SSSR count). The monoisotopic (exact) mass is 342 g/mol. The van der Waals surface area contributed by atoms with Crippen LogP contribution in [0.15, 0.2) is 22.7 Å². The second-order valence-electron chi connectivity index (χ2n) is 5.66. The largest absolute Gasteiger partial charge is 0.314 e. The molecule has 0 bridgehead atoms. The Morgan fingerprint density at radius 2 is 2.05 bits per heavy atom. The quantitative estimate of drug-likeness (QED) is 0.870. The van der Waals surface area contributed by atoms with Gasteiger partial charge in [-0.1, -0.05) is 42.3 Å². The molecule has 1 aliphatic rings. The summed E-state index contributed by atoms with van der Waals surface area (Å²) in [5.74, 6) is 0.375. The number of benzene rings is 1. The Hall–Kier alpha value is -0.450. The highest BCUT2D eigenvalue weighted by atomic mass is 79.9. The Kier molecular flexibility index (Phi) is 6.00. The number of hydrogen-bond acceptors (Lipinski definition) is 2. The fourth-order valence-corrected chi connectivity index (χ4v) is 3.51. The number of halogens is 2. The Balaban J connectivity index is 2.28. The first kappa shape index (κ1) is 15.9. The third-order valence-corrected chi connectivity index (χ3v) is 4.60. The highest BCUT2D eigenvalue weighted by Crippen LogP contribution is 2.34. The Morgan fingerprint density at radius 1 is 1.35 bits per heavy atom. The fourth-order valence-electron chi connectivity index (χ4n) is 3.18. The first-order valence-electron chi connectivity index (χ1n) is 7.53. The molecule has 0 radical (unpaired) electrons. The summed E-state index contributed by atoms with van der Waals surface area (Å²) < 4.78 is 15.2. The van der Waals surface area contributed by atoms with E-state index in [9.17, 15) is 4.39 Å². The van der Waals surface area contributed by atoms with Crippen LogP contribution in [0.1, 0.15) is 38.3 Å². The summed E-state index contributed by atoms with van der Waals surface area (Å²) in [6, 6.07) is 5.67. The fraction of sp³-hybridized carbons (Fsp3) is 0.625. The van der Waals surface area contributed by atoms with Gasteiger partial charge in [-0.15, -0.1) is 0 Å². The zero-order valence-corrected chi connectivity index (χ0v) is 13.9. The van der Waals surface area contributed by atoms with E-state index in [4.69, 9.17) is 0 Å². The van der Waals surface area contributed by atoms with E-state index in [0.29, 0.717) is 5.92 Å². The van der Waals surface area contributed by atoms with Crippen LogP contribution in [0.3, 0.4) is 0 Å². The minimum atomic E-state index is -0.0918. The second-order valence-corrected chi connectivity index (χ2v) is 6.58. The highest BCUT2D eigenvalue weighted by Gasteiger charge is 2.28. The maximum atomic E-state index is 14.4. The first-order valence-corrected chi connectivity index (χ1v) is 8.32. The lowest BCUT2D eigenvalue weighted by Crippen LogP contribution is -2.46. The van der Waals surface area contributed by atoms with Gasteiger partial charge in [0, 0.05) is 42.3 Å². The van der Waals surface area contributed by atoms with E-state index in [2.05, 4.69) is 40.0 Å². The van der Waals surface area contributed by atoms with Crippen molar-refractivity contribution in [1.82, 2.24) is 10.2 Å². The van der Waals surface area contributed by atoms with Gasteiger partial charge in [0.1, 0.15) is 5.82 Å². The average Bonchev–Trinajstić information content (AvgIpc) is 2.43. The molecule has 0 spiro atoms. The van der Waals surface area contributed by atoms with Gasteiger partial charge in [-0.05, 0) is 24.5 Å². The van der Waals surface area contributed by atoms with E-state index in [1.54, 1.807) is 6.07 Å². The van der Waals surface area contributed by atoms with Crippen molar-refractivity contribution in [2.24, 2.45) is 5.92 Å². The molecular weight excluding hydrogens is 319 g/mol. The molecule has 0 amide bonds. The summed E-state index contributed by atoms with van der Waals surface area (Å²) in [5.41, 5.74) is 0.844. The molecule has 1 saturated heterocycles. The molecule has 4 heteroatoms. The van der Waals surface area contributed by atoms with Gasteiger partial charge in [0.2, 0.25) is 0 Å². The van der Waals surface area contributed by atoms with Crippen molar-refractivity contribution >= 4 is 15.9 Å². The summed E-state index contributed by atoms with van der Waals surface area (Å²) in [7, 11) is 0. The van der Waals surface area contributed by atoms with Crippen molar-refractivity contribution in [3.63, 3.8) is 0 Å². The average molecular weight is 343 g/mol. The Morgan fingerprint density at radius 3 is 2.65 bits per heavy atom. The summed E-state index contributed by atoms with van der Waals surface area (Å²) in [6.45, 7) is 8.42. The molecule has 0 aliphatic carbocycles. The third-order valence-electron chi connectivity index (χ3n) is 4.11. The van der Waals surface area contributed by atoms with Crippen LogP contribution in [0.5, 0.6) is 0 Å². The van der Waals surface area contributed by atoms with Gasteiger partial charge >= 0.3 is 0 Å². The number of rotatable bonds is 5. The Bertz CT molecular complexity index is 432. The molecule has 1 aromatic carbocycles. The van der Waals surface area contributed by atoms with Gasteiger partial charge in [0.05, 0.1) is 0 Å². The van der Waals surface area contributed by atoms with Gasteiger partial charge in [-0.2, -0.15) is 0 Å². The predicted molar refractivity (Wildman–Crippen MR) is 85.4 cm³/mol. The second kappa shape index (κ2) is 7.53. The lowest BCUT2D eigenvalue weighted by Gasteiger charge is -2.38. The molecular formula is C16H24BrFN2. The molecule has 0 saturated carbocycles. The van der Waals surface area contributed by atoms with Crippen LogP contribution in [0, 0.1) is 11.7 Å². The summed E-state index contributed by atoms with van der Waals surface area (Å²) in [5, 5.41) is 3.37. The van der Waals surface area contributed by atoms with Crippen molar-refractivity contribution < 1.29 is 4.39 Å². The highest BCUT2D eigenvalue weighted by molar-refractivity contribution is 9.10. The van der Waals surface area contributed by atoms with Crippen LogP contribution in [0.25, 0.3) is 0 Å². The van der Waals surface area contributed by atoms with E-state index in [-0.39, 0.29) is 11.9 Å². The molecule has 2 atom stereocenters. The summed E-state index contributed by atoms with van der Waals surface area (Å²) in [6.07, 6.45) is 2.27. The van der Waals surface area contributed by atoms with Gasteiger partial charge in [0.15, 0.2) is 0 Å². The van der Waals surface area contributed by atoms with Crippen molar-refractivity contribution in [3.05, 3.63) is 34.1 Å². The van der Waals surface area contributed by atoms with E-state index >= 15 is 0 Å².